The van der Waals surface area contributed by atoms with Crippen LogP contribution >= 0.6 is 0 Å². The number of para-hydroxylation sites is 2. The molecule has 0 fully saturated rings. The number of rotatable bonds is 5. The van der Waals surface area contributed by atoms with Crippen LogP contribution in [0.1, 0.15) is 0 Å². The third-order valence-electron chi connectivity index (χ3n) is 9.47. The van der Waals surface area contributed by atoms with Gasteiger partial charge in [-0.05, 0) is 65.7 Å². The topological polar surface area (TPSA) is 56.7 Å². The maximum absolute atomic E-state index is 6.23. The second kappa shape index (κ2) is 11.4. The quantitative estimate of drug-likeness (QED) is 0.188. The van der Waals surface area contributed by atoms with Crippen LogP contribution < -0.4 is 0 Å². The summed E-state index contributed by atoms with van der Waals surface area (Å²) in [6.45, 7) is 0. The van der Waals surface area contributed by atoms with E-state index in [2.05, 4.69) is 114 Å². The van der Waals surface area contributed by atoms with Crippen molar-refractivity contribution in [2.24, 2.45) is 0 Å². The second-order valence-corrected chi connectivity index (χ2v) is 12.5. The highest BCUT2D eigenvalue weighted by Gasteiger charge is 2.17. The van der Waals surface area contributed by atoms with Gasteiger partial charge in [-0.1, -0.05) is 115 Å². The summed E-state index contributed by atoms with van der Waals surface area (Å²) in [4.78, 5) is 15.1. The minimum atomic E-state index is 0.595. The standard InChI is InChI=1S/C45H28N4O/c1-3-11-29(12-4-1)30-19-23-34(24-20-30)49-39-17-9-7-15-35(39)38-27-32(22-26-40(38)49)44-46-43(31-13-5-2-6-14-31)47-45(48-44)33-21-25-37-36-16-8-10-18-41(36)50-42(37)28-33/h1-28H. The highest BCUT2D eigenvalue weighted by atomic mass is 16.3. The third-order valence-corrected chi connectivity index (χ3v) is 9.47. The van der Waals surface area contributed by atoms with Gasteiger partial charge in [-0.2, -0.15) is 0 Å². The summed E-state index contributed by atoms with van der Waals surface area (Å²) >= 11 is 0. The highest BCUT2D eigenvalue weighted by molar-refractivity contribution is 6.10. The lowest BCUT2D eigenvalue weighted by atomic mass is 10.1. The molecular formula is C45H28N4O. The Hall–Kier alpha value is -6.85. The van der Waals surface area contributed by atoms with E-state index >= 15 is 0 Å². The van der Waals surface area contributed by atoms with Gasteiger partial charge in [0.1, 0.15) is 11.2 Å². The Labute approximate surface area is 287 Å². The predicted molar refractivity (Wildman–Crippen MR) is 203 cm³/mol. The summed E-state index contributed by atoms with van der Waals surface area (Å²) in [5.74, 6) is 1.83. The van der Waals surface area contributed by atoms with E-state index in [0.29, 0.717) is 17.5 Å². The van der Waals surface area contributed by atoms with E-state index in [1.807, 2.05) is 60.7 Å². The molecule has 234 valence electrons. The minimum Gasteiger partial charge on any atom is -0.456 e. The number of hydrogen-bond acceptors (Lipinski definition) is 4. The lowest BCUT2D eigenvalue weighted by Crippen LogP contribution is -2.00. The average molecular weight is 641 g/mol. The molecule has 0 aliphatic rings. The molecule has 10 aromatic rings. The van der Waals surface area contributed by atoms with Gasteiger partial charge in [0.05, 0.1) is 11.0 Å². The first kappa shape index (κ1) is 28.2. The number of benzene rings is 7. The van der Waals surface area contributed by atoms with Crippen molar-refractivity contribution in [2.75, 3.05) is 0 Å². The molecule has 0 atom stereocenters. The summed E-state index contributed by atoms with van der Waals surface area (Å²) < 4.78 is 8.56. The fourth-order valence-electron chi connectivity index (χ4n) is 7.04. The maximum Gasteiger partial charge on any atom is 0.164 e. The van der Waals surface area contributed by atoms with Gasteiger partial charge in [-0.25, -0.2) is 15.0 Å². The third kappa shape index (κ3) is 4.67. The van der Waals surface area contributed by atoms with Crippen LogP contribution in [0.4, 0.5) is 0 Å². The Kier molecular flexibility index (Phi) is 6.42. The monoisotopic (exact) mass is 640 g/mol. The van der Waals surface area contributed by atoms with Crippen molar-refractivity contribution < 1.29 is 4.42 Å². The summed E-state index contributed by atoms with van der Waals surface area (Å²) in [6.07, 6.45) is 0. The summed E-state index contributed by atoms with van der Waals surface area (Å²) in [5.41, 5.74) is 10.2. The zero-order valence-electron chi connectivity index (χ0n) is 26.9. The molecule has 0 saturated heterocycles. The van der Waals surface area contributed by atoms with Crippen molar-refractivity contribution in [1.82, 2.24) is 19.5 Å². The Morgan fingerprint density at radius 3 is 1.62 bits per heavy atom. The van der Waals surface area contributed by atoms with Gasteiger partial charge in [0, 0.05) is 43.9 Å². The normalized spacial score (nSPS) is 11.6. The van der Waals surface area contributed by atoms with Gasteiger partial charge in [0.2, 0.25) is 0 Å². The number of aromatic nitrogens is 4. The highest BCUT2D eigenvalue weighted by Crippen LogP contribution is 2.36. The summed E-state index contributed by atoms with van der Waals surface area (Å²) in [7, 11) is 0. The van der Waals surface area contributed by atoms with Crippen LogP contribution in [-0.2, 0) is 0 Å². The fourth-order valence-corrected chi connectivity index (χ4v) is 7.04. The van der Waals surface area contributed by atoms with E-state index in [1.54, 1.807) is 0 Å². The first-order valence-corrected chi connectivity index (χ1v) is 16.7. The Morgan fingerprint density at radius 2 is 0.860 bits per heavy atom. The molecule has 10 rings (SSSR count). The van der Waals surface area contributed by atoms with Crippen LogP contribution in [0.2, 0.25) is 0 Å². The van der Waals surface area contributed by atoms with Crippen molar-refractivity contribution in [3.8, 4) is 51.0 Å². The first-order valence-electron chi connectivity index (χ1n) is 16.7. The smallest absolute Gasteiger partial charge is 0.164 e. The van der Waals surface area contributed by atoms with E-state index in [1.165, 1.54) is 16.5 Å². The zero-order chi connectivity index (χ0) is 33.0. The molecule has 3 heterocycles. The molecule has 0 bridgehead atoms. The molecule has 5 nitrogen and oxygen atoms in total. The zero-order valence-corrected chi connectivity index (χ0v) is 26.9. The molecule has 0 unspecified atom stereocenters. The van der Waals surface area contributed by atoms with Gasteiger partial charge in [-0.3, -0.25) is 0 Å². The van der Waals surface area contributed by atoms with E-state index in [-0.39, 0.29) is 0 Å². The van der Waals surface area contributed by atoms with Gasteiger partial charge < -0.3 is 8.98 Å². The van der Waals surface area contributed by atoms with Crippen molar-refractivity contribution >= 4 is 43.7 Å². The SMILES string of the molecule is c1ccc(-c2ccc(-n3c4ccccc4c4cc(-c5nc(-c6ccccc6)nc(-c6ccc7c(c6)oc6ccccc67)n5)ccc43)cc2)cc1. The van der Waals surface area contributed by atoms with Crippen LogP contribution in [-0.4, -0.2) is 19.5 Å². The van der Waals surface area contributed by atoms with E-state index in [0.717, 1.165) is 60.7 Å². The molecule has 3 aromatic heterocycles. The lowest BCUT2D eigenvalue weighted by molar-refractivity contribution is 0.669. The molecule has 0 N–H and O–H groups in total. The van der Waals surface area contributed by atoms with Crippen molar-refractivity contribution in [1.29, 1.82) is 0 Å². The summed E-state index contributed by atoms with van der Waals surface area (Å²) in [6, 6.07) is 58.7. The van der Waals surface area contributed by atoms with Crippen molar-refractivity contribution in [2.45, 2.75) is 0 Å². The Bertz CT molecular complexity index is 2850. The molecular weight excluding hydrogens is 613 g/mol. The molecule has 7 aromatic carbocycles. The van der Waals surface area contributed by atoms with Crippen molar-refractivity contribution in [3.05, 3.63) is 170 Å². The van der Waals surface area contributed by atoms with Gasteiger partial charge in [-0.15, -0.1) is 0 Å². The fraction of sp³-hybridized carbons (Fsp3) is 0. The van der Waals surface area contributed by atoms with E-state index < -0.39 is 0 Å². The minimum absolute atomic E-state index is 0.595. The number of furan rings is 1. The first-order chi connectivity index (χ1) is 24.8. The van der Waals surface area contributed by atoms with Crippen LogP contribution in [0.5, 0.6) is 0 Å². The molecule has 5 heteroatoms. The van der Waals surface area contributed by atoms with Crippen molar-refractivity contribution in [3.63, 3.8) is 0 Å². The second-order valence-electron chi connectivity index (χ2n) is 12.5. The number of hydrogen-bond donors (Lipinski definition) is 0. The molecule has 0 aliphatic carbocycles. The summed E-state index contributed by atoms with van der Waals surface area (Å²) in [5, 5.41) is 4.47. The largest absolute Gasteiger partial charge is 0.456 e. The molecule has 0 amide bonds. The predicted octanol–water partition coefficient (Wildman–Crippen LogP) is 11.5. The van der Waals surface area contributed by atoms with Gasteiger partial charge in [0.25, 0.3) is 0 Å². The van der Waals surface area contributed by atoms with Crippen LogP contribution in [0.3, 0.4) is 0 Å². The number of nitrogens with zero attached hydrogens (tertiary/aromatic N) is 4. The molecule has 50 heavy (non-hydrogen) atoms. The average Bonchev–Trinajstić information content (AvgIpc) is 3.73. The van der Waals surface area contributed by atoms with Crippen LogP contribution in [0.25, 0.3) is 94.7 Å². The molecule has 0 saturated carbocycles. The molecule has 0 radical (unpaired) electrons. The maximum atomic E-state index is 6.23. The lowest BCUT2D eigenvalue weighted by Gasteiger charge is -2.10. The van der Waals surface area contributed by atoms with Crippen LogP contribution in [0.15, 0.2) is 174 Å². The Balaban J connectivity index is 1.13. The molecule has 0 aliphatic heterocycles. The van der Waals surface area contributed by atoms with Gasteiger partial charge >= 0.3 is 0 Å². The van der Waals surface area contributed by atoms with Crippen LogP contribution in [0, 0.1) is 0 Å². The van der Waals surface area contributed by atoms with E-state index in [9.17, 15) is 0 Å². The van der Waals surface area contributed by atoms with Gasteiger partial charge in [0.15, 0.2) is 17.5 Å². The number of fused-ring (bicyclic) bond motifs is 6. The molecule has 0 spiro atoms. The van der Waals surface area contributed by atoms with E-state index in [4.69, 9.17) is 19.4 Å². The Morgan fingerprint density at radius 1 is 0.340 bits per heavy atom.